The van der Waals surface area contributed by atoms with Gasteiger partial charge in [-0.15, -0.1) is 0 Å². The normalized spacial score (nSPS) is 15.6. The molecule has 1 fully saturated rings. The van der Waals surface area contributed by atoms with E-state index in [0.29, 0.717) is 19.7 Å². The average Bonchev–Trinajstić information content (AvgIpc) is 2.98. The number of pyridine rings is 1. The van der Waals surface area contributed by atoms with E-state index in [2.05, 4.69) is 4.98 Å². The maximum Gasteiger partial charge on any atom is 0.226 e. The molecule has 104 valence electrons. The van der Waals surface area contributed by atoms with Crippen LogP contribution in [0.15, 0.2) is 24.5 Å². The van der Waals surface area contributed by atoms with Gasteiger partial charge < -0.3 is 9.64 Å². The molecule has 19 heavy (non-hydrogen) atoms. The molecule has 0 radical (unpaired) electrons. The number of amides is 1. The summed E-state index contributed by atoms with van der Waals surface area (Å²) >= 11 is 0. The molecule has 0 N–H and O–H groups in total. The third-order valence-electron chi connectivity index (χ3n) is 3.70. The summed E-state index contributed by atoms with van der Waals surface area (Å²) in [7, 11) is 1.67. The highest BCUT2D eigenvalue weighted by Crippen LogP contribution is 2.27. The van der Waals surface area contributed by atoms with Crippen LogP contribution >= 0.6 is 0 Å². The molecule has 1 aliphatic rings. The van der Waals surface area contributed by atoms with E-state index in [1.165, 1.54) is 12.8 Å². The quantitative estimate of drug-likeness (QED) is 0.789. The van der Waals surface area contributed by atoms with Gasteiger partial charge >= 0.3 is 0 Å². The third-order valence-corrected chi connectivity index (χ3v) is 3.70. The zero-order chi connectivity index (χ0) is 13.5. The molecular formula is C15H22N2O2. The van der Waals surface area contributed by atoms with Gasteiger partial charge in [0.05, 0.1) is 6.61 Å². The van der Waals surface area contributed by atoms with E-state index >= 15 is 0 Å². The molecule has 0 aromatic carbocycles. The Morgan fingerprint density at radius 2 is 2.05 bits per heavy atom. The highest BCUT2D eigenvalue weighted by Gasteiger charge is 2.27. The van der Waals surface area contributed by atoms with Gasteiger partial charge in [-0.3, -0.25) is 9.78 Å². The van der Waals surface area contributed by atoms with E-state index in [-0.39, 0.29) is 11.8 Å². The average molecular weight is 262 g/mol. The van der Waals surface area contributed by atoms with Crippen molar-refractivity contribution in [1.82, 2.24) is 9.88 Å². The van der Waals surface area contributed by atoms with Gasteiger partial charge in [-0.2, -0.15) is 0 Å². The van der Waals surface area contributed by atoms with Gasteiger partial charge in [0.1, 0.15) is 0 Å². The Labute approximate surface area is 114 Å². The molecule has 1 aliphatic carbocycles. The molecule has 0 saturated heterocycles. The van der Waals surface area contributed by atoms with Gasteiger partial charge in [0.15, 0.2) is 0 Å². The maximum absolute atomic E-state index is 12.5. The Hall–Kier alpha value is -1.42. The number of methoxy groups -OCH3 is 1. The Morgan fingerprint density at radius 1 is 1.37 bits per heavy atom. The standard InChI is InChI=1S/C15H22N2O2/c1-19-11-10-17(12-13-6-8-16-9-7-13)15(18)14-4-2-3-5-14/h6-9,14H,2-5,10-12H2,1H3. The molecule has 0 bridgehead atoms. The summed E-state index contributed by atoms with van der Waals surface area (Å²) in [6.45, 7) is 1.90. The summed E-state index contributed by atoms with van der Waals surface area (Å²) in [5, 5.41) is 0. The van der Waals surface area contributed by atoms with Crippen LogP contribution in [0, 0.1) is 5.92 Å². The minimum atomic E-state index is 0.221. The van der Waals surface area contributed by atoms with Crippen LogP contribution in [-0.2, 0) is 16.1 Å². The van der Waals surface area contributed by atoms with Crippen LogP contribution in [0.2, 0.25) is 0 Å². The van der Waals surface area contributed by atoms with Gasteiger partial charge in [0, 0.05) is 38.5 Å². The molecule has 0 spiro atoms. The first-order valence-corrected chi connectivity index (χ1v) is 6.98. The first-order chi connectivity index (χ1) is 9.31. The number of rotatable bonds is 6. The van der Waals surface area contributed by atoms with Crippen LogP contribution in [0.1, 0.15) is 31.2 Å². The van der Waals surface area contributed by atoms with Gasteiger partial charge in [0.2, 0.25) is 5.91 Å². The predicted octanol–water partition coefficient (Wildman–Crippen LogP) is 2.25. The topological polar surface area (TPSA) is 42.4 Å². The largest absolute Gasteiger partial charge is 0.383 e. The fourth-order valence-corrected chi connectivity index (χ4v) is 2.61. The number of hydrogen-bond donors (Lipinski definition) is 0. The fourth-order valence-electron chi connectivity index (χ4n) is 2.61. The number of hydrogen-bond acceptors (Lipinski definition) is 3. The minimum Gasteiger partial charge on any atom is -0.383 e. The van der Waals surface area contributed by atoms with E-state index in [9.17, 15) is 4.79 Å². The van der Waals surface area contributed by atoms with Gasteiger partial charge in [-0.25, -0.2) is 0 Å². The predicted molar refractivity (Wildman–Crippen MR) is 73.5 cm³/mol. The smallest absolute Gasteiger partial charge is 0.226 e. The molecule has 0 aliphatic heterocycles. The van der Waals surface area contributed by atoms with Crippen LogP contribution in [-0.4, -0.2) is 36.1 Å². The molecule has 1 aromatic heterocycles. The second-order valence-corrected chi connectivity index (χ2v) is 5.09. The monoisotopic (exact) mass is 262 g/mol. The summed E-state index contributed by atoms with van der Waals surface area (Å²) in [6.07, 6.45) is 7.98. The van der Waals surface area contributed by atoms with Crippen molar-refractivity contribution in [3.8, 4) is 0 Å². The van der Waals surface area contributed by atoms with Crippen LogP contribution in [0.5, 0.6) is 0 Å². The molecular weight excluding hydrogens is 240 g/mol. The van der Waals surface area contributed by atoms with Crippen molar-refractivity contribution in [1.29, 1.82) is 0 Å². The van der Waals surface area contributed by atoms with Crippen LogP contribution < -0.4 is 0 Å². The SMILES string of the molecule is COCCN(Cc1ccncc1)C(=O)C1CCCC1. The summed E-state index contributed by atoms with van der Waals surface area (Å²) < 4.78 is 5.12. The van der Waals surface area contributed by atoms with Crippen molar-refractivity contribution in [3.05, 3.63) is 30.1 Å². The molecule has 4 heteroatoms. The van der Waals surface area contributed by atoms with E-state index in [1.807, 2.05) is 17.0 Å². The van der Waals surface area contributed by atoms with Crippen LogP contribution in [0.3, 0.4) is 0 Å². The molecule has 4 nitrogen and oxygen atoms in total. The molecule has 1 heterocycles. The number of ether oxygens (including phenoxy) is 1. The lowest BCUT2D eigenvalue weighted by Gasteiger charge is -2.25. The molecule has 1 aromatic rings. The second-order valence-electron chi connectivity index (χ2n) is 5.09. The fraction of sp³-hybridized carbons (Fsp3) is 0.600. The van der Waals surface area contributed by atoms with E-state index in [0.717, 1.165) is 18.4 Å². The zero-order valence-corrected chi connectivity index (χ0v) is 11.5. The lowest BCUT2D eigenvalue weighted by atomic mass is 10.1. The first-order valence-electron chi connectivity index (χ1n) is 6.98. The number of carbonyl (C=O) groups excluding carboxylic acids is 1. The molecule has 1 amide bonds. The van der Waals surface area contributed by atoms with E-state index in [4.69, 9.17) is 4.74 Å². The van der Waals surface area contributed by atoms with E-state index < -0.39 is 0 Å². The number of carbonyl (C=O) groups is 1. The van der Waals surface area contributed by atoms with Crippen LogP contribution in [0.25, 0.3) is 0 Å². The summed E-state index contributed by atoms with van der Waals surface area (Å²) in [6, 6.07) is 3.92. The molecule has 2 rings (SSSR count). The van der Waals surface area contributed by atoms with Crippen molar-refractivity contribution in [2.45, 2.75) is 32.2 Å². The summed E-state index contributed by atoms with van der Waals surface area (Å²) in [5.41, 5.74) is 1.12. The molecule has 1 saturated carbocycles. The van der Waals surface area contributed by atoms with Crippen LogP contribution in [0.4, 0.5) is 0 Å². The Bertz CT molecular complexity index is 388. The van der Waals surface area contributed by atoms with Crippen molar-refractivity contribution in [2.75, 3.05) is 20.3 Å². The lowest BCUT2D eigenvalue weighted by Crippen LogP contribution is -2.37. The highest BCUT2D eigenvalue weighted by atomic mass is 16.5. The maximum atomic E-state index is 12.5. The molecule has 0 unspecified atom stereocenters. The van der Waals surface area contributed by atoms with E-state index in [1.54, 1.807) is 19.5 Å². The van der Waals surface area contributed by atoms with Crippen molar-refractivity contribution >= 4 is 5.91 Å². The lowest BCUT2D eigenvalue weighted by molar-refractivity contribution is -0.136. The van der Waals surface area contributed by atoms with Gasteiger partial charge in [-0.05, 0) is 30.5 Å². The first kappa shape index (κ1) is 14.0. The van der Waals surface area contributed by atoms with Crippen molar-refractivity contribution in [3.63, 3.8) is 0 Å². The number of aromatic nitrogens is 1. The Balaban J connectivity index is 2.00. The molecule has 0 atom stereocenters. The summed E-state index contributed by atoms with van der Waals surface area (Å²) in [4.78, 5) is 18.4. The highest BCUT2D eigenvalue weighted by molar-refractivity contribution is 5.79. The van der Waals surface area contributed by atoms with Gasteiger partial charge in [-0.1, -0.05) is 12.8 Å². The van der Waals surface area contributed by atoms with Crippen molar-refractivity contribution in [2.24, 2.45) is 5.92 Å². The zero-order valence-electron chi connectivity index (χ0n) is 11.5. The Kier molecular flexibility index (Phi) is 5.33. The summed E-state index contributed by atoms with van der Waals surface area (Å²) in [5.74, 6) is 0.505. The minimum absolute atomic E-state index is 0.221. The van der Waals surface area contributed by atoms with Crippen molar-refractivity contribution < 1.29 is 9.53 Å². The second kappa shape index (κ2) is 7.24. The third kappa shape index (κ3) is 4.03. The van der Waals surface area contributed by atoms with Gasteiger partial charge in [0.25, 0.3) is 0 Å². The Morgan fingerprint density at radius 3 is 2.68 bits per heavy atom. The number of nitrogens with zero attached hydrogens (tertiary/aromatic N) is 2.